The molecule has 0 aliphatic heterocycles. The Kier molecular flexibility index (Phi) is 4.71. The number of aromatic nitrogens is 2. The molecule has 0 spiro atoms. The number of aromatic amines is 1. The van der Waals surface area contributed by atoms with Gasteiger partial charge >= 0.3 is 0 Å². The fourth-order valence-corrected chi connectivity index (χ4v) is 3.80. The van der Waals surface area contributed by atoms with Crippen LogP contribution in [-0.4, -0.2) is 27.1 Å². The summed E-state index contributed by atoms with van der Waals surface area (Å²) in [7, 11) is 0. The van der Waals surface area contributed by atoms with Crippen molar-refractivity contribution < 1.29 is 9.90 Å². The van der Waals surface area contributed by atoms with E-state index in [-0.39, 0.29) is 24.0 Å². The summed E-state index contributed by atoms with van der Waals surface area (Å²) in [6.07, 6.45) is 4.39. The van der Waals surface area contributed by atoms with Gasteiger partial charge in [-0.1, -0.05) is 42.8 Å². The summed E-state index contributed by atoms with van der Waals surface area (Å²) < 4.78 is 0. The minimum atomic E-state index is -0.365. The van der Waals surface area contributed by atoms with E-state index >= 15 is 0 Å². The third kappa shape index (κ3) is 3.48. The van der Waals surface area contributed by atoms with Crippen molar-refractivity contribution in [1.82, 2.24) is 15.3 Å². The highest BCUT2D eigenvalue weighted by molar-refractivity contribution is 5.80. The van der Waals surface area contributed by atoms with E-state index in [1.807, 2.05) is 48.5 Å². The zero-order valence-corrected chi connectivity index (χ0v) is 14.6. The quantitative estimate of drug-likeness (QED) is 0.676. The van der Waals surface area contributed by atoms with Crippen LogP contribution in [0.15, 0.2) is 54.9 Å². The number of nitrogens with zero attached hydrogens (tertiary/aromatic N) is 1. The number of amides is 1. The van der Waals surface area contributed by atoms with Crippen LogP contribution in [0, 0.1) is 5.92 Å². The average molecular weight is 349 g/mol. The molecule has 1 aliphatic rings. The van der Waals surface area contributed by atoms with Crippen LogP contribution < -0.4 is 5.32 Å². The van der Waals surface area contributed by atoms with Gasteiger partial charge in [0, 0.05) is 5.92 Å². The third-order valence-electron chi connectivity index (χ3n) is 5.21. The molecule has 2 aromatic carbocycles. The van der Waals surface area contributed by atoms with Crippen LogP contribution in [0.5, 0.6) is 0 Å². The van der Waals surface area contributed by atoms with Crippen LogP contribution >= 0.6 is 0 Å². The number of carbonyl (C=O) groups is 1. The highest BCUT2D eigenvalue weighted by Crippen LogP contribution is 2.28. The summed E-state index contributed by atoms with van der Waals surface area (Å²) in [6, 6.07) is 15.8. The molecular weight excluding hydrogens is 326 g/mol. The zero-order valence-electron chi connectivity index (χ0n) is 14.6. The fraction of sp³-hybridized carbons (Fsp3) is 0.333. The SMILES string of the molecule is O=C(N[C@H](c1ccccc1)c1ccc2nc[nH]c2c1)[C@@H]1CCC[C@H](O)C1. The highest BCUT2D eigenvalue weighted by Gasteiger charge is 2.28. The predicted octanol–water partition coefficient (Wildman–Crippen LogP) is 3.32. The van der Waals surface area contributed by atoms with E-state index in [2.05, 4.69) is 15.3 Å². The van der Waals surface area contributed by atoms with Crippen molar-refractivity contribution in [3.05, 3.63) is 66.0 Å². The van der Waals surface area contributed by atoms with Gasteiger partial charge in [-0.3, -0.25) is 4.79 Å². The second kappa shape index (κ2) is 7.30. The van der Waals surface area contributed by atoms with Gasteiger partial charge in [-0.2, -0.15) is 0 Å². The first-order valence-electron chi connectivity index (χ1n) is 9.17. The minimum Gasteiger partial charge on any atom is -0.393 e. The molecule has 1 fully saturated rings. The molecule has 134 valence electrons. The van der Waals surface area contributed by atoms with E-state index in [1.54, 1.807) is 6.33 Å². The van der Waals surface area contributed by atoms with Crippen molar-refractivity contribution in [2.24, 2.45) is 5.92 Å². The molecule has 1 aliphatic carbocycles. The predicted molar refractivity (Wildman–Crippen MR) is 100 cm³/mol. The Morgan fingerprint density at radius 2 is 2.00 bits per heavy atom. The van der Waals surface area contributed by atoms with Gasteiger partial charge in [-0.05, 0) is 42.5 Å². The first kappa shape index (κ1) is 16.8. The van der Waals surface area contributed by atoms with Crippen LogP contribution in [0.1, 0.15) is 42.9 Å². The lowest BCUT2D eigenvalue weighted by Gasteiger charge is -2.28. The number of hydrogen-bond acceptors (Lipinski definition) is 3. The number of carbonyl (C=O) groups excluding carboxylic acids is 1. The Hall–Kier alpha value is -2.66. The van der Waals surface area contributed by atoms with Gasteiger partial charge in [0.15, 0.2) is 0 Å². The molecule has 26 heavy (non-hydrogen) atoms. The molecule has 0 unspecified atom stereocenters. The largest absolute Gasteiger partial charge is 0.393 e. The summed E-state index contributed by atoms with van der Waals surface area (Å²) in [6.45, 7) is 0. The first-order valence-corrected chi connectivity index (χ1v) is 9.17. The molecule has 0 saturated heterocycles. The Morgan fingerprint density at radius 3 is 2.81 bits per heavy atom. The maximum Gasteiger partial charge on any atom is 0.223 e. The molecule has 1 amide bonds. The number of H-pyrrole nitrogens is 1. The normalized spacial score (nSPS) is 21.4. The molecule has 0 bridgehead atoms. The number of nitrogens with one attached hydrogen (secondary N) is 2. The van der Waals surface area contributed by atoms with Crippen LogP contribution in [0.25, 0.3) is 11.0 Å². The van der Waals surface area contributed by atoms with E-state index in [9.17, 15) is 9.90 Å². The molecule has 1 saturated carbocycles. The molecule has 1 aromatic heterocycles. The number of aliphatic hydroxyl groups excluding tert-OH is 1. The zero-order chi connectivity index (χ0) is 17.9. The van der Waals surface area contributed by atoms with Gasteiger partial charge in [-0.15, -0.1) is 0 Å². The maximum absolute atomic E-state index is 12.9. The Labute approximate surface area is 152 Å². The van der Waals surface area contributed by atoms with E-state index in [1.165, 1.54) is 0 Å². The summed E-state index contributed by atoms with van der Waals surface area (Å²) in [4.78, 5) is 20.3. The van der Waals surface area contributed by atoms with Crippen molar-refractivity contribution in [1.29, 1.82) is 0 Å². The van der Waals surface area contributed by atoms with Gasteiger partial charge in [0.25, 0.3) is 0 Å². The van der Waals surface area contributed by atoms with Gasteiger partial charge < -0.3 is 15.4 Å². The first-order chi connectivity index (χ1) is 12.7. The Morgan fingerprint density at radius 1 is 1.15 bits per heavy atom. The minimum absolute atomic E-state index is 0.0160. The van der Waals surface area contributed by atoms with Crippen LogP contribution in [0.2, 0.25) is 0 Å². The van der Waals surface area contributed by atoms with Crippen molar-refractivity contribution in [3.8, 4) is 0 Å². The van der Waals surface area contributed by atoms with E-state index in [0.29, 0.717) is 6.42 Å². The topological polar surface area (TPSA) is 78.0 Å². The van der Waals surface area contributed by atoms with Gasteiger partial charge in [0.2, 0.25) is 5.91 Å². The van der Waals surface area contributed by atoms with E-state index < -0.39 is 0 Å². The fourth-order valence-electron chi connectivity index (χ4n) is 3.80. The molecule has 5 nitrogen and oxygen atoms in total. The van der Waals surface area contributed by atoms with Gasteiger partial charge in [0.1, 0.15) is 0 Å². The second-order valence-electron chi connectivity index (χ2n) is 7.05. The van der Waals surface area contributed by atoms with Crippen molar-refractivity contribution in [2.45, 2.75) is 37.8 Å². The number of imidazole rings is 1. The van der Waals surface area contributed by atoms with Crippen molar-refractivity contribution in [2.75, 3.05) is 0 Å². The van der Waals surface area contributed by atoms with Gasteiger partial charge in [0.05, 0.1) is 29.5 Å². The highest BCUT2D eigenvalue weighted by atomic mass is 16.3. The molecule has 1 heterocycles. The molecule has 3 atom stereocenters. The molecule has 3 N–H and O–H groups in total. The maximum atomic E-state index is 12.9. The standard InChI is InChI=1S/C21H23N3O2/c25-17-8-4-7-16(11-17)21(26)24-20(14-5-2-1-3-6-14)15-9-10-18-19(12-15)23-13-22-18/h1-3,5-6,9-10,12-13,16-17,20,25H,4,7-8,11H2,(H,22,23)(H,24,26)/t16-,17+,20-/m1/s1. The molecule has 0 radical (unpaired) electrons. The number of fused-ring (bicyclic) bond motifs is 1. The molecule has 5 heteroatoms. The van der Waals surface area contributed by atoms with Crippen LogP contribution in [0.4, 0.5) is 0 Å². The summed E-state index contributed by atoms with van der Waals surface area (Å²) in [5.41, 5.74) is 3.90. The molecule has 4 rings (SSSR count). The van der Waals surface area contributed by atoms with E-state index in [4.69, 9.17) is 0 Å². The van der Waals surface area contributed by atoms with Crippen molar-refractivity contribution >= 4 is 16.9 Å². The smallest absolute Gasteiger partial charge is 0.223 e. The Balaban J connectivity index is 1.63. The average Bonchev–Trinajstić information content (AvgIpc) is 3.14. The van der Waals surface area contributed by atoms with Crippen LogP contribution in [-0.2, 0) is 4.79 Å². The number of rotatable bonds is 4. The lowest BCUT2D eigenvalue weighted by molar-refractivity contribution is -0.127. The number of hydrogen-bond donors (Lipinski definition) is 3. The lowest BCUT2D eigenvalue weighted by Crippen LogP contribution is -2.37. The Bertz CT molecular complexity index is 890. The summed E-state index contributed by atoms with van der Waals surface area (Å²) in [5.74, 6) is -0.108. The number of benzene rings is 2. The van der Waals surface area contributed by atoms with E-state index in [0.717, 1.165) is 41.4 Å². The molecular formula is C21H23N3O2. The number of aliphatic hydroxyl groups is 1. The van der Waals surface area contributed by atoms with Crippen LogP contribution in [0.3, 0.4) is 0 Å². The van der Waals surface area contributed by atoms with Crippen molar-refractivity contribution in [3.63, 3.8) is 0 Å². The molecule has 3 aromatic rings. The lowest BCUT2D eigenvalue weighted by atomic mass is 9.86. The third-order valence-corrected chi connectivity index (χ3v) is 5.21. The monoisotopic (exact) mass is 349 g/mol. The summed E-state index contributed by atoms with van der Waals surface area (Å²) in [5, 5.41) is 13.1. The van der Waals surface area contributed by atoms with Gasteiger partial charge in [-0.25, -0.2) is 4.98 Å². The summed E-state index contributed by atoms with van der Waals surface area (Å²) >= 11 is 0. The second-order valence-corrected chi connectivity index (χ2v) is 7.05.